The van der Waals surface area contributed by atoms with Crippen LogP contribution < -0.4 is 16.4 Å². The molecule has 0 aliphatic carbocycles. The Morgan fingerprint density at radius 2 is 1.60 bits per heavy atom. The molecular weight excluding hydrogens is 1020 g/mol. The Balaban J connectivity index is 1.07. The minimum absolute atomic E-state index is 0.00566. The predicted octanol–water partition coefficient (Wildman–Crippen LogP) is 1.05. The third-order valence-electron chi connectivity index (χ3n) is 11.1. The number of aromatic nitrogens is 4. The van der Waals surface area contributed by atoms with Crippen LogP contribution in [0.5, 0.6) is 0 Å². The molecule has 70 heavy (non-hydrogen) atoms. The number of ether oxygens (including phenoxy) is 3. The van der Waals surface area contributed by atoms with Crippen molar-refractivity contribution in [1.29, 1.82) is 0 Å². The Labute approximate surface area is 407 Å². The average Bonchev–Trinajstić information content (AvgIpc) is 3.83. The highest BCUT2D eigenvalue weighted by Crippen LogP contribution is 2.61. The quantitative estimate of drug-likeness (QED) is 0.0385. The number of thioether (sulfide) groups is 1. The van der Waals surface area contributed by atoms with Gasteiger partial charge < -0.3 is 70.6 Å². The zero-order chi connectivity index (χ0) is 52.0. The van der Waals surface area contributed by atoms with E-state index in [2.05, 4.69) is 34.4 Å². The molecule has 2 aliphatic rings. The first-order valence-corrected chi connectivity index (χ1v) is 27.9. The number of phosphoric ester groups is 3. The fourth-order valence-corrected chi connectivity index (χ4v) is 10.7. The summed E-state index contributed by atoms with van der Waals surface area (Å²) in [6.07, 6.45) is -2.78. The minimum atomic E-state index is -5.59. The SMILES string of the molecule is C[C@H](CCCCCCCCC(=O)SCCNC(=O)CCNC(=O)[C@H](O)C(C)(C)COP(=O)(O)OP(=O)(O)OC[C@H]1O[C@@H](n2cnc3c(N)ncnc32)[C@H](O)[C@@H]1OP(=O)(O)O)O[C@@H]1O[C@@H](C)[C@H](O)C[C@H]1O. The van der Waals surface area contributed by atoms with Crippen LogP contribution in [0.25, 0.3) is 11.2 Å². The van der Waals surface area contributed by atoms with E-state index in [9.17, 15) is 68.1 Å². The number of unbranched alkanes of at least 4 members (excludes halogenated alkanes) is 5. The van der Waals surface area contributed by atoms with Crippen LogP contribution in [0.2, 0.25) is 0 Å². The van der Waals surface area contributed by atoms with E-state index < -0.39 is 109 Å². The van der Waals surface area contributed by atoms with E-state index in [0.29, 0.717) is 12.2 Å². The molecule has 2 amide bonds. The fraction of sp³-hybridized carbons (Fsp3) is 0.789. The number of carbonyl (C=O) groups is 3. The first kappa shape index (κ1) is 60.0. The number of anilines is 1. The second kappa shape index (κ2) is 27.1. The molecule has 0 saturated carbocycles. The van der Waals surface area contributed by atoms with Crippen molar-refractivity contribution in [2.45, 2.75) is 153 Å². The van der Waals surface area contributed by atoms with Crippen molar-refractivity contribution in [3.05, 3.63) is 12.7 Å². The van der Waals surface area contributed by atoms with E-state index in [0.717, 1.165) is 73.9 Å². The molecule has 28 nitrogen and oxygen atoms in total. The number of phosphoric acid groups is 3. The maximum absolute atomic E-state index is 12.7. The Morgan fingerprint density at radius 3 is 2.30 bits per heavy atom. The van der Waals surface area contributed by atoms with Gasteiger partial charge in [0, 0.05) is 43.5 Å². The van der Waals surface area contributed by atoms with Gasteiger partial charge in [0.05, 0.1) is 37.9 Å². The molecule has 2 fully saturated rings. The van der Waals surface area contributed by atoms with E-state index in [1.165, 1.54) is 13.8 Å². The average molecular weight is 1080 g/mol. The van der Waals surface area contributed by atoms with Crippen molar-refractivity contribution >= 4 is 69.1 Å². The van der Waals surface area contributed by atoms with E-state index in [4.69, 9.17) is 29.0 Å². The van der Waals surface area contributed by atoms with Crippen LogP contribution in [0.3, 0.4) is 0 Å². The van der Waals surface area contributed by atoms with Crippen molar-refractivity contribution in [3.8, 4) is 0 Å². The number of rotatable bonds is 30. The topological polar surface area (TPSA) is 423 Å². The zero-order valence-corrected chi connectivity index (χ0v) is 42.5. The molecule has 0 bridgehead atoms. The highest BCUT2D eigenvalue weighted by Gasteiger charge is 2.50. The lowest BCUT2D eigenvalue weighted by Gasteiger charge is -2.36. The molecule has 0 aromatic carbocycles. The summed E-state index contributed by atoms with van der Waals surface area (Å²) in [6.45, 7) is 4.12. The summed E-state index contributed by atoms with van der Waals surface area (Å²) in [4.78, 5) is 88.4. The summed E-state index contributed by atoms with van der Waals surface area (Å²) in [5.74, 6) is -1.13. The molecule has 12 atom stereocenters. The standard InChI is InChI=1S/C38H66N7O21P3S/c1-22(62-37-25(47)17-24(46)23(2)63-37)11-9-7-5-6-8-10-12-28(49)70-16-15-40-27(48)13-14-41-35(52)32(51)38(3,4)19-61-69(58,59)66-68(56,57)60-18-26-31(65-67(53,54)55)30(50)36(64-26)45-21-44-29-33(39)42-20-43-34(29)45/h20-26,30-32,36-37,46-47,50-51H,5-19H2,1-4H3,(H,40,48)(H,41,52)(H,56,57)(H,58,59)(H2,39,42,43)(H2,53,54,55)/t22-,23+,24-,25-,26-,30-,31-,32+,36-,37-/m1/s1. The summed E-state index contributed by atoms with van der Waals surface area (Å²) in [5.41, 5.74) is 4.25. The zero-order valence-electron chi connectivity index (χ0n) is 39.0. The molecule has 12 N–H and O–H groups in total. The third-order valence-corrected chi connectivity index (χ3v) is 15.1. The second-order valence-electron chi connectivity index (χ2n) is 17.5. The van der Waals surface area contributed by atoms with Crippen molar-refractivity contribution in [2.24, 2.45) is 5.41 Å². The third kappa shape index (κ3) is 19.3. The number of aliphatic hydroxyl groups is 4. The molecule has 2 unspecified atom stereocenters. The van der Waals surface area contributed by atoms with Crippen molar-refractivity contribution in [3.63, 3.8) is 0 Å². The highest BCUT2D eigenvalue weighted by atomic mass is 32.2. The molecule has 4 heterocycles. The number of fused-ring (bicyclic) bond motifs is 1. The summed E-state index contributed by atoms with van der Waals surface area (Å²) >= 11 is 1.10. The van der Waals surface area contributed by atoms with Gasteiger partial charge in [-0.05, 0) is 26.7 Å². The first-order valence-electron chi connectivity index (χ1n) is 22.4. The molecule has 4 rings (SSSR count). The number of nitrogens with two attached hydrogens (primary N) is 1. The molecule has 2 aromatic heterocycles. The van der Waals surface area contributed by atoms with Gasteiger partial charge in [-0.2, -0.15) is 4.31 Å². The molecule has 2 saturated heterocycles. The van der Waals surface area contributed by atoms with Crippen molar-refractivity contribution in [1.82, 2.24) is 30.2 Å². The lowest BCUT2D eigenvalue weighted by atomic mass is 9.87. The smallest absolute Gasteiger partial charge is 0.390 e. The normalized spacial score (nSPS) is 25.8. The maximum Gasteiger partial charge on any atom is 0.481 e. The number of nitrogens with zero attached hydrogens (tertiary/aromatic N) is 4. The molecule has 32 heteroatoms. The van der Waals surface area contributed by atoms with Crippen molar-refractivity contribution < 1.29 is 100 Å². The van der Waals surface area contributed by atoms with Gasteiger partial charge in [-0.1, -0.05) is 57.7 Å². The van der Waals surface area contributed by atoms with Crippen LogP contribution in [0, 0.1) is 5.41 Å². The summed E-state index contributed by atoms with van der Waals surface area (Å²) in [6, 6.07) is 0. The number of nitrogen functional groups attached to an aromatic ring is 1. The minimum Gasteiger partial charge on any atom is -0.390 e. The molecule has 0 radical (unpaired) electrons. The Hall–Kier alpha value is -2.60. The van der Waals surface area contributed by atoms with Gasteiger partial charge in [-0.25, -0.2) is 28.6 Å². The van der Waals surface area contributed by atoms with Gasteiger partial charge in [-0.15, -0.1) is 0 Å². The number of amides is 2. The highest BCUT2D eigenvalue weighted by molar-refractivity contribution is 8.13. The van der Waals surface area contributed by atoms with Gasteiger partial charge in [0.1, 0.15) is 42.4 Å². The van der Waals surface area contributed by atoms with Crippen LogP contribution in [0.4, 0.5) is 5.82 Å². The summed E-state index contributed by atoms with van der Waals surface area (Å²) < 4.78 is 73.8. The molecule has 0 spiro atoms. The molecule has 400 valence electrons. The van der Waals surface area contributed by atoms with E-state index in [-0.39, 0.29) is 54.1 Å². The number of nitrogens with one attached hydrogen (secondary N) is 2. The predicted molar refractivity (Wildman–Crippen MR) is 246 cm³/mol. The van der Waals surface area contributed by atoms with E-state index in [1.54, 1.807) is 6.92 Å². The lowest BCUT2D eigenvalue weighted by Crippen LogP contribution is -2.48. The van der Waals surface area contributed by atoms with Gasteiger partial charge in [0.2, 0.25) is 11.8 Å². The van der Waals surface area contributed by atoms with Crippen LogP contribution in [0.1, 0.15) is 98.1 Å². The lowest BCUT2D eigenvalue weighted by molar-refractivity contribution is -0.273. The summed E-state index contributed by atoms with van der Waals surface area (Å²) in [7, 11) is -16.5. The molecule has 2 aliphatic heterocycles. The second-order valence-corrected chi connectivity index (χ2v) is 22.9. The van der Waals surface area contributed by atoms with Crippen LogP contribution in [-0.4, -0.2) is 164 Å². The first-order chi connectivity index (χ1) is 32.7. The van der Waals surface area contributed by atoms with E-state index >= 15 is 0 Å². The fourth-order valence-electron chi connectivity index (χ4n) is 7.14. The Bertz CT molecular complexity index is 2170. The molecular formula is C38H66N7O21P3S. The Morgan fingerprint density at radius 1 is 0.929 bits per heavy atom. The maximum atomic E-state index is 12.7. The monoisotopic (exact) mass is 1080 g/mol. The van der Waals surface area contributed by atoms with Gasteiger partial charge in [0.25, 0.3) is 0 Å². The van der Waals surface area contributed by atoms with E-state index in [1.807, 2.05) is 6.92 Å². The van der Waals surface area contributed by atoms with Crippen molar-refractivity contribution in [2.75, 3.05) is 37.8 Å². The Kier molecular flexibility index (Phi) is 23.2. The molecule has 2 aromatic rings. The number of carbonyl (C=O) groups excluding carboxylic acids is 3. The van der Waals surface area contributed by atoms with Crippen LogP contribution in [0.15, 0.2) is 12.7 Å². The number of aliphatic hydroxyl groups excluding tert-OH is 4. The van der Waals surface area contributed by atoms with Gasteiger partial charge in [0.15, 0.2) is 29.1 Å². The number of imidazole rings is 1. The van der Waals surface area contributed by atoms with Crippen LogP contribution >= 0.6 is 35.2 Å². The largest absolute Gasteiger partial charge is 0.481 e. The summed E-state index contributed by atoms with van der Waals surface area (Å²) in [5, 5.41) is 46.5. The number of hydrogen-bond acceptors (Lipinski definition) is 22. The number of hydrogen-bond donors (Lipinski definition) is 11. The van der Waals surface area contributed by atoms with Gasteiger partial charge in [-0.3, -0.25) is 32.5 Å². The van der Waals surface area contributed by atoms with Crippen LogP contribution in [-0.2, 0) is 60.2 Å². The van der Waals surface area contributed by atoms with Gasteiger partial charge >= 0.3 is 23.5 Å².